The van der Waals surface area contributed by atoms with Crippen LogP contribution in [0.15, 0.2) is 72.9 Å². The van der Waals surface area contributed by atoms with Crippen LogP contribution in [0.5, 0.6) is 0 Å². The van der Waals surface area contributed by atoms with E-state index in [9.17, 15) is 19.0 Å². The van der Waals surface area contributed by atoms with E-state index in [0.717, 1.165) is 89.9 Å². The third-order valence-electron chi connectivity index (χ3n) is 12.7. The van der Waals surface area contributed by atoms with E-state index >= 15 is 0 Å². The summed E-state index contributed by atoms with van der Waals surface area (Å²) in [4.78, 5) is 35.7. The highest BCUT2D eigenvalue weighted by Crippen LogP contribution is 2.43. The number of nitrogens with zero attached hydrogens (tertiary/aromatic N) is 1. The van der Waals surface area contributed by atoms with Gasteiger partial charge in [0, 0.05) is 12.8 Å². The summed E-state index contributed by atoms with van der Waals surface area (Å²) in [6.07, 6.45) is 69.8. The quantitative estimate of drug-likeness (QED) is 0.0211. The van der Waals surface area contributed by atoms with Crippen molar-refractivity contribution in [2.24, 2.45) is 0 Å². The van der Waals surface area contributed by atoms with Crippen LogP contribution in [-0.2, 0) is 32.7 Å². The molecule has 10 heteroatoms. The largest absolute Gasteiger partial charge is 0.472 e. The summed E-state index contributed by atoms with van der Waals surface area (Å²) in [6.45, 7) is 4.31. The number of carbonyl (C=O) groups excluding carboxylic acids is 2. The number of rotatable bonds is 54. The number of phosphoric acid groups is 1. The van der Waals surface area contributed by atoms with Gasteiger partial charge < -0.3 is 18.9 Å². The van der Waals surface area contributed by atoms with E-state index < -0.39 is 26.5 Å². The summed E-state index contributed by atoms with van der Waals surface area (Å²) in [7, 11) is 1.46. The Balaban J connectivity index is 4.11. The first kappa shape index (κ1) is 69.5. The van der Waals surface area contributed by atoms with Crippen molar-refractivity contribution in [2.75, 3.05) is 47.5 Å². The second-order valence-electron chi connectivity index (χ2n) is 21.0. The molecule has 0 amide bonds. The number of hydrogen-bond acceptors (Lipinski definition) is 7. The smallest absolute Gasteiger partial charge is 0.462 e. The van der Waals surface area contributed by atoms with Gasteiger partial charge in [-0.15, -0.1) is 0 Å². The second kappa shape index (κ2) is 53.3. The summed E-state index contributed by atoms with van der Waals surface area (Å²) in [5, 5.41) is 0. The maximum atomic E-state index is 12.8. The molecule has 1 N–H and O–H groups in total. The molecule has 0 aliphatic carbocycles. The Morgan fingerprint density at radius 3 is 1.18 bits per heavy atom. The number of hydrogen-bond donors (Lipinski definition) is 1. The van der Waals surface area contributed by atoms with Crippen molar-refractivity contribution in [1.82, 2.24) is 0 Å². The summed E-state index contributed by atoms with van der Waals surface area (Å²) < 4.78 is 34.6. The number of quaternary nitrogens is 1. The third-order valence-corrected chi connectivity index (χ3v) is 13.7. The van der Waals surface area contributed by atoms with Crippen molar-refractivity contribution in [3.63, 3.8) is 0 Å². The number of likely N-dealkylation sites (N-methyl/N-ethyl adjacent to an activating group) is 1. The van der Waals surface area contributed by atoms with Crippen LogP contribution in [0.4, 0.5) is 0 Å². The molecule has 0 saturated heterocycles. The van der Waals surface area contributed by atoms with Crippen LogP contribution in [-0.4, -0.2) is 74.9 Å². The van der Waals surface area contributed by atoms with Crippen molar-refractivity contribution in [3.8, 4) is 0 Å². The first-order valence-corrected chi connectivity index (χ1v) is 31.2. The van der Waals surface area contributed by atoms with Crippen molar-refractivity contribution in [1.29, 1.82) is 0 Å². The Hall–Kier alpha value is -2.55. The molecule has 0 aliphatic heterocycles. The van der Waals surface area contributed by atoms with E-state index in [0.29, 0.717) is 17.4 Å². The molecule has 0 aromatic rings. The van der Waals surface area contributed by atoms with Gasteiger partial charge in [-0.1, -0.05) is 234 Å². The van der Waals surface area contributed by atoms with Crippen LogP contribution < -0.4 is 0 Å². The summed E-state index contributed by atoms with van der Waals surface area (Å²) in [5.74, 6) is -0.809. The number of allylic oxidation sites excluding steroid dienone is 12. The van der Waals surface area contributed by atoms with Crippen LogP contribution in [0.2, 0.25) is 0 Å². The third kappa shape index (κ3) is 56.7. The van der Waals surface area contributed by atoms with Gasteiger partial charge in [0.25, 0.3) is 0 Å². The predicted octanol–water partition coefficient (Wildman–Crippen LogP) is 18.5. The average Bonchev–Trinajstić information content (AvgIpc) is 3.34. The molecule has 9 nitrogen and oxygen atoms in total. The molecule has 0 saturated carbocycles. The lowest BCUT2D eigenvalue weighted by atomic mass is 10.0. The second-order valence-corrected chi connectivity index (χ2v) is 22.5. The minimum Gasteiger partial charge on any atom is -0.462 e. The molecule has 0 rings (SSSR count). The Morgan fingerprint density at radius 2 is 0.792 bits per heavy atom. The van der Waals surface area contributed by atoms with Crippen LogP contribution >= 0.6 is 7.82 Å². The van der Waals surface area contributed by atoms with E-state index in [1.54, 1.807) is 0 Å². The highest BCUT2D eigenvalue weighted by atomic mass is 31.2. The maximum Gasteiger partial charge on any atom is 0.472 e. The first-order chi connectivity index (χ1) is 35.0. The van der Waals surface area contributed by atoms with Crippen molar-refractivity contribution < 1.29 is 42.1 Å². The van der Waals surface area contributed by atoms with E-state index in [1.807, 2.05) is 21.1 Å². The lowest BCUT2D eigenvalue weighted by Gasteiger charge is -2.24. The standard InChI is InChI=1S/C62H112NO8P/c1-6-8-10-12-14-16-18-20-22-24-26-27-28-29-30-31-32-33-34-35-37-38-40-42-44-46-48-50-52-54-61(64)68-58-60(59-70-72(66,67)69-57-56-63(3,4)5)71-62(65)55-53-51-49-47-45-43-41-39-36-25-23-21-19-17-15-13-11-9-7-2/h9,11,15,17-18,20-21,23-24,26,36,39,60H,6-8,10,12-14,16,19,22,25,27-35,37-38,40-59H2,1-5H3/p+1/b11-9-,17-15-,20-18-,23-21-,26-24-,39-36-. The van der Waals surface area contributed by atoms with Gasteiger partial charge in [0.05, 0.1) is 27.7 Å². The number of carbonyl (C=O) groups is 2. The molecule has 0 spiro atoms. The summed E-state index contributed by atoms with van der Waals surface area (Å²) >= 11 is 0. The Bertz CT molecular complexity index is 1450. The molecular formula is C62H113NO8P+. The van der Waals surface area contributed by atoms with Crippen LogP contribution in [0.25, 0.3) is 0 Å². The van der Waals surface area contributed by atoms with Gasteiger partial charge in [-0.3, -0.25) is 18.6 Å². The van der Waals surface area contributed by atoms with Crippen molar-refractivity contribution in [3.05, 3.63) is 72.9 Å². The van der Waals surface area contributed by atoms with E-state index in [2.05, 4.69) is 86.8 Å². The minimum atomic E-state index is -4.39. The zero-order chi connectivity index (χ0) is 52.7. The van der Waals surface area contributed by atoms with Gasteiger partial charge in [0.1, 0.15) is 19.8 Å². The predicted molar refractivity (Wildman–Crippen MR) is 307 cm³/mol. The van der Waals surface area contributed by atoms with E-state index in [4.69, 9.17) is 18.5 Å². The van der Waals surface area contributed by atoms with Crippen LogP contribution in [0.3, 0.4) is 0 Å². The SMILES string of the molecule is CC/C=C\C/C=C\C/C=C\C/C=C\CCCCCCCCC(=O)OC(COC(=O)CCCCCCCCCCCCCCCCCCC/C=C\C/C=C\CCCCCCC)COP(=O)(O)OCC[N+](C)(C)C. The molecule has 72 heavy (non-hydrogen) atoms. The Kier molecular flexibility index (Phi) is 51.4. The fourth-order valence-corrected chi connectivity index (χ4v) is 8.90. The van der Waals surface area contributed by atoms with Crippen molar-refractivity contribution in [2.45, 2.75) is 264 Å². The van der Waals surface area contributed by atoms with Crippen molar-refractivity contribution >= 4 is 19.8 Å². The molecule has 0 aromatic carbocycles. The van der Waals surface area contributed by atoms with E-state index in [-0.39, 0.29) is 32.0 Å². The lowest BCUT2D eigenvalue weighted by molar-refractivity contribution is -0.870. The Morgan fingerprint density at radius 1 is 0.444 bits per heavy atom. The molecule has 2 atom stereocenters. The molecule has 0 heterocycles. The molecular weight excluding hydrogens is 918 g/mol. The molecule has 0 aromatic heterocycles. The normalized spacial score (nSPS) is 13.8. The highest BCUT2D eigenvalue weighted by Gasteiger charge is 2.27. The summed E-state index contributed by atoms with van der Waals surface area (Å²) in [6, 6.07) is 0. The molecule has 418 valence electrons. The van der Waals surface area contributed by atoms with E-state index in [1.165, 1.54) is 135 Å². The van der Waals surface area contributed by atoms with Crippen LogP contribution in [0.1, 0.15) is 258 Å². The molecule has 0 bridgehead atoms. The zero-order valence-electron chi connectivity index (χ0n) is 47.4. The maximum absolute atomic E-state index is 12.8. The number of phosphoric ester groups is 1. The van der Waals surface area contributed by atoms with Gasteiger partial charge in [-0.2, -0.15) is 0 Å². The molecule has 2 unspecified atom stereocenters. The average molecular weight is 1030 g/mol. The zero-order valence-corrected chi connectivity index (χ0v) is 48.3. The number of esters is 2. The summed E-state index contributed by atoms with van der Waals surface area (Å²) in [5.41, 5.74) is 0. The highest BCUT2D eigenvalue weighted by molar-refractivity contribution is 7.47. The lowest BCUT2D eigenvalue weighted by Crippen LogP contribution is -2.37. The van der Waals surface area contributed by atoms with Gasteiger partial charge in [-0.05, 0) is 83.5 Å². The van der Waals surface area contributed by atoms with Gasteiger partial charge in [-0.25, -0.2) is 4.57 Å². The van der Waals surface area contributed by atoms with Gasteiger partial charge in [0.15, 0.2) is 6.10 Å². The number of ether oxygens (including phenoxy) is 2. The molecule has 0 aliphatic rings. The van der Waals surface area contributed by atoms with Crippen LogP contribution in [0, 0.1) is 0 Å². The first-order valence-electron chi connectivity index (χ1n) is 29.7. The fraction of sp³-hybridized carbons (Fsp3) is 0.774. The molecule has 0 radical (unpaired) electrons. The number of unbranched alkanes of at least 4 members (excludes halogenated alkanes) is 28. The van der Waals surface area contributed by atoms with Gasteiger partial charge >= 0.3 is 19.8 Å². The minimum absolute atomic E-state index is 0.0265. The van der Waals surface area contributed by atoms with Gasteiger partial charge in [0.2, 0.25) is 0 Å². The molecule has 0 fully saturated rings. The Labute approximate surface area is 444 Å². The monoisotopic (exact) mass is 1030 g/mol. The fourth-order valence-electron chi connectivity index (χ4n) is 8.16. The topological polar surface area (TPSA) is 108 Å².